The Kier molecular flexibility index (Phi) is 4.10. The minimum absolute atomic E-state index is 0. The summed E-state index contributed by atoms with van der Waals surface area (Å²) in [6.07, 6.45) is 0.0357. The molecule has 0 bridgehead atoms. The number of aliphatic carboxylic acids is 1. The third kappa shape index (κ3) is 2.75. The Labute approximate surface area is 101 Å². The lowest BCUT2D eigenvalue weighted by atomic mass is 10.0. The highest BCUT2D eigenvalue weighted by molar-refractivity contribution is 5.89. The van der Waals surface area contributed by atoms with Crippen molar-refractivity contribution in [1.29, 1.82) is 0 Å². The Morgan fingerprint density at radius 2 is 2.06 bits per heavy atom. The van der Waals surface area contributed by atoms with E-state index in [0.717, 1.165) is 22.1 Å². The highest BCUT2D eigenvalue weighted by Gasteiger charge is 2.04. The lowest BCUT2D eigenvalue weighted by Crippen LogP contribution is -1.99. The lowest BCUT2D eigenvalue weighted by molar-refractivity contribution is -0.136. The molecule has 0 heterocycles. The second kappa shape index (κ2) is 5.34. The van der Waals surface area contributed by atoms with Gasteiger partial charge >= 0.3 is 5.97 Å². The van der Waals surface area contributed by atoms with Gasteiger partial charge in [-0.15, -0.1) is 0 Å². The van der Waals surface area contributed by atoms with E-state index in [0.29, 0.717) is 0 Å². The highest BCUT2D eigenvalue weighted by atomic mass is 16.5. The predicted molar refractivity (Wildman–Crippen MR) is 68.6 cm³/mol. The summed E-state index contributed by atoms with van der Waals surface area (Å²) in [5.41, 5.74) is 0.782. The molecule has 0 radical (unpaired) electrons. The number of rotatable bonds is 3. The van der Waals surface area contributed by atoms with Crippen molar-refractivity contribution < 1.29 is 14.6 Å². The summed E-state index contributed by atoms with van der Waals surface area (Å²) in [5, 5.41) is 10.7. The zero-order valence-corrected chi connectivity index (χ0v) is 8.93. The summed E-state index contributed by atoms with van der Waals surface area (Å²) in [4.78, 5) is 10.6. The van der Waals surface area contributed by atoms with Gasteiger partial charge in [0.2, 0.25) is 0 Å². The van der Waals surface area contributed by atoms with Crippen LogP contribution in [0.3, 0.4) is 0 Å². The van der Waals surface area contributed by atoms with Crippen LogP contribution in [0.1, 0.15) is 13.0 Å². The van der Waals surface area contributed by atoms with Crippen LogP contribution in [0.5, 0.6) is 5.75 Å². The molecule has 0 fully saturated rings. The van der Waals surface area contributed by atoms with Crippen LogP contribution in [0.25, 0.3) is 10.8 Å². The van der Waals surface area contributed by atoms with E-state index in [1.165, 1.54) is 0 Å². The number of carboxylic acid groups (broad SMARTS) is 1. The van der Waals surface area contributed by atoms with E-state index in [9.17, 15) is 4.79 Å². The number of ether oxygens (including phenoxy) is 1. The number of hydrogen-bond acceptors (Lipinski definition) is 2. The monoisotopic (exact) mass is 232 g/mol. The maximum Gasteiger partial charge on any atom is 0.307 e. The number of benzene rings is 2. The van der Waals surface area contributed by atoms with Crippen LogP contribution in [0.2, 0.25) is 0 Å². The quantitative estimate of drug-likeness (QED) is 0.884. The van der Waals surface area contributed by atoms with Crippen molar-refractivity contribution in [2.24, 2.45) is 0 Å². The molecule has 0 amide bonds. The second-order valence-corrected chi connectivity index (χ2v) is 3.59. The average Bonchev–Trinajstić information content (AvgIpc) is 2.27. The minimum Gasteiger partial charge on any atom is -0.496 e. The lowest BCUT2D eigenvalue weighted by Gasteiger charge is -2.06. The molecule has 2 rings (SSSR count). The molecule has 0 saturated heterocycles. The summed E-state index contributed by atoms with van der Waals surface area (Å²) in [7, 11) is 1.61. The van der Waals surface area contributed by atoms with Crippen molar-refractivity contribution in [2.45, 2.75) is 13.8 Å². The Morgan fingerprint density at radius 3 is 2.71 bits per heavy atom. The van der Waals surface area contributed by atoms with E-state index in [-0.39, 0.29) is 13.8 Å². The molecule has 2 aromatic carbocycles. The second-order valence-electron chi connectivity index (χ2n) is 3.59. The molecule has 0 atom stereocenters. The molecule has 1 N–H and O–H groups in total. The first-order valence-corrected chi connectivity index (χ1v) is 4.98. The number of methoxy groups -OCH3 is 1. The van der Waals surface area contributed by atoms with E-state index >= 15 is 0 Å². The maximum absolute atomic E-state index is 10.6. The van der Waals surface area contributed by atoms with Crippen LogP contribution in [0.4, 0.5) is 0 Å². The summed E-state index contributed by atoms with van der Waals surface area (Å²) < 4.78 is 5.24. The zero-order valence-electron chi connectivity index (χ0n) is 8.93. The van der Waals surface area contributed by atoms with Gasteiger partial charge in [-0.05, 0) is 23.1 Å². The molecular formula is C14H16O3. The molecule has 0 aliphatic rings. The van der Waals surface area contributed by atoms with Crippen LogP contribution in [0.15, 0.2) is 36.4 Å². The first-order chi connectivity index (χ1) is 7.70. The van der Waals surface area contributed by atoms with Gasteiger partial charge in [-0.3, -0.25) is 4.79 Å². The number of carboxylic acids is 1. The first-order valence-electron chi connectivity index (χ1n) is 4.98. The molecule has 0 saturated carbocycles. The van der Waals surface area contributed by atoms with E-state index in [1.54, 1.807) is 7.11 Å². The van der Waals surface area contributed by atoms with Gasteiger partial charge in [0, 0.05) is 5.39 Å². The SMILES string of the molecule is C.COc1cccc2ccc(CC(=O)O)cc12. The fraction of sp³-hybridized carbons (Fsp3) is 0.214. The van der Waals surface area contributed by atoms with Crippen LogP contribution in [0, 0.1) is 0 Å². The third-order valence-corrected chi connectivity index (χ3v) is 2.48. The summed E-state index contributed by atoms with van der Waals surface area (Å²) >= 11 is 0. The van der Waals surface area contributed by atoms with E-state index in [4.69, 9.17) is 9.84 Å². The van der Waals surface area contributed by atoms with Crippen LogP contribution >= 0.6 is 0 Å². The van der Waals surface area contributed by atoms with E-state index in [1.807, 2.05) is 36.4 Å². The zero-order chi connectivity index (χ0) is 11.5. The van der Waals surface area contributed by atoms with Gasteiger partial charge in [-0.2, -0.15) is 0 Å². The molecule has 17 heavy (non-hydrogen) atoms. The van der Waals surface area contributed by atoms with E-state index < -0.39 is 5.97 Å². The van der Waals surface area contributed by atoms with Gasteiger partial charge in [0.25, 0.3) is 0 Å². The fourth-order valence-electron chi connectivity index (χ4n) is 1.75. The standard InChI is InChI=1S/C13H12O3.CH4/c1-16-12-4-2-3-10-6-5-9(7-11(10)12)8-13(14)15;/h2-7H,8H2,1H3,(H,14,15);1H4. The highest BCUT2D eigenvalue weighted by Crippen LogP contribution is 2.26. The number of carbonyl (C=O) groups is 1. The Hall–Kier alpha value is -2.03. The van der Waals surface area contributed by atoms with Gasteiger partial charge in [0.15, 0.2) is 0 Å². The number of fused-ring (bicyclic) bond motifs is 1. The molecule has 90 valence electrons. The predicted octanol–water partition coefficient (Wildman–Crippen LogP) is 3.11. The molecular weight excluding hydrogens is 216 g/mol. The normalized spacial score (nSPS) is 9.71. The van der Waals surface area contributed by atoms with E-state index in [2.05, 4.69) is 0 Å². The first kappa shape index (κ1) is 13.0. The van der Waals surface area contributed by atoms with Crippen molar-refractivity contribution in [3.8, 4) is 5.75 Å². The molecule has 0 aliphatic carbocycles. The minimum atomic E-state index is -0.825. The average molecular weight is 232 g/mol. The molecule has 2 aromatic rings. The summed E-state index contributed by atoms with van der Waals surface area (Å²) in [6, 6.07) is 11.4. The largest absolute Gasteiger partial charge is 0.496 e. The van der Waals surface area contributed by atoms with Crippen LogP contribution in [-0.4, -0.2) is 18.2 Å². The summed E-state index contributed by atoms with van der Waals surface area (Å²) in [6.45, 7) is 0. The molecule has 0 aromatic heterocycles. The third-order valence-electron chi connectivity index (χ3n) is 2.48. The number of hydrogen-bond donors (Lipinski definition) is 1. The van der Waals surface area contributed by atoms with Crippen molar-refractivity contribution in [1.82, 2.24) is 0 Å². The molecule has 3 heteroatoms. The Bertz CT molecular complexity index is 532. The van der Waals surface area contributed by atoms with Gasteiger partial charge in [0.05, 0.1) is 13.5 Å². The molecule has 0 spiro atoms. The Morgan fingerprint density at radius 1 is 1.29 bits per heavy atom. The fourth-order valence-corrected chi connectivity index (χ4v) is 1.75. The van der Waals surface area contributed by atoms with Crippen molar-refractivity contribution in [3.63, 3.8) is 0 Å². The summed E-state index contributed by atoms with van der Waals surface area (Å²) in [5.74, 6) is -0.0565. The van der Waals surface area contributed by atoms with Crippen LogP contribution in [-0.2, 0) is 11.2 Å². The topological polar surface area (TPSA) is 46.5 Å². The molecule has 3 nitrogen and oxygen atoms in total. The van der Waals surface area contributed by atoms with Crippen molar-refractivity contribution in [3.05, 3.63) is 42.0 Å². The van der Waals surface area contributed by atoms with Gasteiger partial charge < -0.3 is 9.84 Å². The van der Waals surface area contributed by atoms with Crippen LogP contribution < -0.4 is 4.74 Å². The smallest absolute Gasteiger partial charge is 0.307 e. The van der Waals surface area contributed by atoms with Gasteiger partial charge in [-0.1, -0.05) is 31.7 Å². The van der Waals surface area contributed by atoms with Gasteiger partial charge in [-0.25, -0.2) is 0 Å². The van der Waals surface area contributed by atoms with Crippen molar-refractivity contribution >= 4 is 16.7 Å². The molecule has 0 unspecified atom stereocenters. The maximum atomic E-state index is 10.6. The van der Waals surface area contributed by atoms with Crippen molar-refractivity contribution in [2.75, 3.05) is 7.11 Å². The molecule has 0 aliphatic heterocycles. The van der Waals surface area contributed by atoms with Gasteiger partial charge in [0.1, 0.15) is 5.75 Å². The Balaban J connectivity index is 0.00000144.